The van der Waals surface area contributed by atoms with Crippen LogP contribution in [0.5, 0.6) is 0 Å². The zero-order valence-electron chi connectivity index (χ0n) is 12.9. The SMILES string of the molecule is CCCC(CS)(CCC)COCCOC(C)(C)C. The highest BCUT2D eigenvalue weighted by Crippen LogP contribution is 2.31. The summed E-state index contributed by atoms with van der Waals surface area (Å²) in [6.45, 7) is 12.8. The molecule has 2 nitrogen and oxygen atoms in total. The van der Waals surface area contributed by atoms with Gasteiger partial charge < -0.3 is 9.47 Å². The molecule has 18 heavy (non-hydrogen) atoms. The lowest BCUT2D eigenvalue weighted by Crippen LogP contribution is -2.30. The average molecular weight is 276 g/mol. The molecule has 0 aromatic carbocycles. The van der Waals surface area contributed by atoms with E-state index in [4.69, 9.17) is 9.47 Å². The van der Waals surface area contributed by atoms with Gasteiger partial charge in [0.1, 0.15) is 0 Å². The largest absolute Gasteiger partial charge is 0.378 e. The van der Waals surface area contributed by atoms with Gasteiger partial charge in [-0.1, -0.05) is 26.7 Å². The van der Waals surface area contributed by atoms with Crippen LogP contribution in [0.25, 0.3) is 0 Å². The summed E-state index contributed by atoms with van der Waals surface area (Å²) < 4.78 is 11.5. The molecule has 0 unspecified atom stereocenters. The van der Waals surface area contributed by atoms with Crippen LogP contribution in [0.1, 0.15) is 60.3 Å². The Hall–Kier alpha value is 0.270. The van der Waals surface area contributed by atoms with E-state index < -0.39 is 0 Å². The zero-order chi connectivity index (χ0) is 14.1. The highest BCUT2D eigenvalue weighted by Gasteiger charge is 2.27. The van der Waals surface area contributed by atoms with E-state index in [1.54, 1.807) is 0 Å². The second kappa shape index (κ2) is 9.22. The zero-order valence-corrected chi connectivity index (χ0v) is 13.8. The van der Waals surface area contributed by atoms with Crippen molar-refractivity contribution in [2.24, 2.45) is 5.41 Å². The maximum absolute atomic E-state index is 5.82. The van der Waals surface area contributed by atoms with Gasteiger partial charge in [-0.2, -0.15) is 12.6 Å². The van der Waals surface area contributed by atoms with Crippen LogP contribution in [-0.4, -0.2) is 31.2 Å². The lowest BCUT2D eigenvalue weighted by atomic mass is 9.82. The molecule has 0 fully saturated rings. The van der Waals surface area contributed by atoms with E-state index in [2.05, 4.69) is 47.2 Å². The molecule has 110 valence electrons. The van der Waals surface area contributed by atoms with Crippen molar-refractivity contribution in [1.29, 1.82) is 0 Å². The fourth-order valence-corrected chi connectivity index (χ4v) is 2.64. The van der Waals surface area contributed by atoms with Gasteiger partial charge in [0.25, 0.3) is 0 Å². The molecule has 0 amide bonds. The fourth-order valence-electron chi connectivity index (χ4n) is 2.23. The lowest BCUT2D eigenvalue weighted by Gasteiger charge is -2.32. The fraction of sp³-hybridized carbons (Fsp3) is 1.00. The number of thiol groups is 1. The minimum atomic E-state index is -0.0726. The van der Waals surface area contributed by atoms with Crippen molar-refractivity contribution >= 4 is 12.6 Å². The van der Waals surface area contributed by atoms with Crippen molar-refractivity contribution in [3.63, 3.8) is 0 Å². The van der Waals surface area contributed by atoms with Gasteiger partial charge in [-0.25, -0.2) is 0 Å². The van der Waals surface area contributed by atoms with Gasteiger partial charge in [-0.3, -0.25) is 0 Å². The van der Waals surface area contributed by atoms with Crippen LogP contribution in [0.3, 0.4) is 0 Å². The molecule has 0 spiro atoms. The number of hydrogen-bond acceptors (Lipinski definition) is 3. The molecule has 0 rings (SSSR count). The van der Waals surface area contributed by atoms with E-state index in [0.717, 1.165) is 12.4 Å². The average Bonchev–Trinajstić information content (AvgIpc) is 2.27. The smallest absolute Gasteiger partial charge is 0.0707 e. The predicted octanol–water partition coefficient (Wildman–Crippen LogP) is 4.33. The number of rotatable bonds is 10. The summed E-state index contributed by atoms with van der Waals surface area (Å²) in [4.78, 5) is 0. The van der Waals surface area contributed by atoms with E-state index in [1.165, 1.54) is 25.7 Å². The Bertz CT molecular complexity index is 193. The molecular formula is C15H32O2S. The normalized spacial score (nSPS) is 13.0. The lowest BCUT2D eigenvalue weighted by molar-refractivity contribution is -0.0483. The Morgan fingerprint density at radius 1 is 0.944 bits per heavy atom. The van der Waals surface area contributed by atoms with Gasteiger partial charge in [0.15, 0.2) is 0 Å². The van der Waals surface area contributed by atoms with Gasteiger partial charge in [-0.15, -0.1) is 0 Å². The van der Waals surface area contributed by atoms with Crippen LogP contribution in [0.15, 0.2) is 0 Å². The summed E-state index contributed by atoms with van der Waals surface area (Å²) in [6, 6.07) is 0. The Balaban J connectivity index is 3.96. The van der Waals surface area contributed by atoms with Gasteiger partial charge in [0.2, 0.25) is 0 Å². The third-order valence-corrected chi connectivity index (χ3v) is 3.74. The molecule has 0 radical (unpaired) electrons. The monoisotopic (exact) mass is 276 g/mol. The van der Waals surface area contributed by atoms with Crippen LogP contribution in [0.2, 0.25) is 0 Å². The topological polar surface area (TPSA) is 18.5 Å². The van der Waals surface area contributed by atoms with Crippen molar-refractivity contribution in [2.75, 3.05) is 25.6 Å². The first kappa shape index (κ1) is 18.3. The second-order valence-electron chi connectivity index (χ2n) is 6.17. The first-order valence-corrected chi connectivity index (χ1v) is 7.85. The highest BCUT2D eigenvalue weighted by atomic mass is 32.1. The van der Waals surface area contributed by atoms with E-state index in [9.17, 15) is 0 Å². The molecule has 0 saturated heterocycles. The van der Waals surface area contributed by atoms with Gasteiger partial charge in [-0.05, 0) is 39.4 Å². The van der Waals surface area contributed by atoms with E-state index in [0.29, 0.717) is 13.2 Å². The van der Waals surface area contributed by atoms with Crippen LogP contribution in [0, 0.1) is 5.41 Å². The Morgan fingerprint density at radius 2 is 1.50 bits per heavy atom. The second-order valence-corrected chi connectivity index (χ2v) is 6.49. The van der Waals surface area contributed by atoms with Crippen LogP contribution < -0.4 is 0 Å². The molecule has 0 aliphatic rings. The van der Waals surface area contributed by atoms with Crippen molar-refractivity contribution in [3.05, 3.63) is 0 Å². The number of ether oxygens (including phenoxy) is 2. The van der Waals surface area contributed by atoms with Crippen molar-refractivity contribution in [3.8, 4) is 0 Å². The summed E-state index contributed by atoms with van der Waals surface area (Å²) in [5, 5.41) is 0. The quantitative estimate of drug-likeness (QED) is 0.473. The van der Waals surface area contributed by atoms with E-state index in [-0.39, 0.29) is 11.0 Å². The Morgan fingerprint density at radius 3 is 1.89 bits per heavy atom. The van der Waals surface area contributed by atoms with E-state index in [1.807, 2.05) is 0 Å². The van der Waals surface area contributed by atoms with Gasteiger partial charge >= 0.3 is 0 Å². The summed E-state index contributed by atoms with van der Waals surface area (Å²) in [7, 11) is 0. The first-order chi connectivity index (χ1) is 8.39. The standard InChI is InChI=1S/C15H32O2S/c1-6-8-15(13-18,9-7-2)12-16-10-11-17-14(3,4)5/h18H,6-13H2,1-5H3. The molecule has 0 aromatic rings. The maximum atomic E-state index is 5.82. The van der Waals surface area contributed by atoms with Gasteiger partial charge in [0.05, 0.1) is 25.4 Å². The third kappa shape index (κ3) is 8.39. The first-order valence-electron chi connectivity index (χ1n) is 7.21. The Labute approximate surface area is 119 Å². The minimum absolute atomic E-state index is 0.0726. The van der Waals surface area contributed by atoms with Crippen LogP contribution in [0.4, 0.5) is 0 Å². The molecule has 3 heteroatoms. The summed E-state index contributed by atoms with van der Waals surface area (Å²) in [6.07, 6.45) is 4.79. The van der Waals surface area contributed by atoms with Crippen molar-refractivity contribution in [1.82, 2.24) is 0 Å². The third-order valence-electron chi connectivity index (χ3n) is 3.07. The predicted molar refractivity (Wildman–Crippen MR) is 82.6 cm³/mol. The van der Waals surface area contributed by atoms with Gasteiger partial charge in [0, 0.05) is 5.41 Å². The Kier molecular flexibility index (Phi) is 9.36. The highest BCUT2D eigenvalue weighted by molar-refractivity contribution is 7.80. The summed E-state index contributed by atoms with van der Waals surface area (Å²) in [5.41, 5.74) is 0.186. The summed E-state index contributed by atoms with van der Waals surface area (Å²) in [5.74, 6) is 0.912. The molecule has 0 aliphatic heterocycles. The summed E-state index contributed by atoms with van der Waals surface area (Å²) >= 11 is 4.53. The van der Waals surface area contributed by atoms with Crippen molar-refractivity contribution in [2.45, 2.75) is 65.9 Å². The molecule has 0 N–H and O–H groups in total. The molecule has 0 saturated carbocycles. The molecule has 0 heterocycles. The van der Waals surface area contributed by atoms with E-state index >= 15 is 0 Å². The molecule has 0 atom stereocenters. The maximum Gasteiger partial charge on any atom is 0.0707 e. The molecule has 0 aromatic heterocycles. The molecule has 0 aliphatic carbocycles. The molecule has 0 bridgehead atoms. The number of hydrogen-bond donors (Lipinski definition) is 1. The van der Waals surface area contributed by atoms with Crippen molar-refractivity contribution < 1.29 is 9.47 Å². The van der Waals surface area contributed by atoms with Crippen LogP contribution in [-0.2, 0) is 9.47 Å². The minimum Gasteiger partial charge on any atom is -0.378 e. The van der Waals surface area contributed by atoms with Crippen LogP contribution >= 0.6 is 12.6 Å². The molecular weight excluding hydrogens is 244 g/mol.